The zero-order chi connectivity index (χ0) is 26.4. The average molecular weight is 506 g/mol. The molecule has 2 rings (SSSR count). The van der Waals surface area contributed by atoms with Crippen molar-refractivity contribution in [3.63, 3.8) is 0 Å². The van der Waals surface area contributed by atoms with Gasteiger partial charge >= 0.3 is 5.97 Å². The Hall–Kier alpha value is -2.49. The molecule has 9 heteroatoms. The molecule has 0 saturated heterocycles. The van der Waals surface area contributed by atoms with Crippen molar-refractivity contribution in [2.24, 2.45) is 0 Å². The standard InChI is InChI=1S/C27H43N3O6/c1-27(2,3)35-19-23(26(33)36-22-10-8-9-11-22)28-18-20-14-16-21(17-15-20)29-24(31)12-6-4-5-7-13-25(32)30-34/h14-17,22-23,28,34H,4-13,18-19H2,1-3H3,(H,29,31)(H,30,32). The SMILES string of the molecule is CC(C)(C)OCC(NCc1ccc(NC(=O)CCCCCCC(=O)NO)cc1)C(=O)OC1CCCC1. The second-order valence-electron chi connectivity index (χ2n) is 10.4. The summed E-state index contributed by atoms with van der Waals surface area (Å²) in [5, 5.41) is 14.6. The summed E-state index contributed by atoms with van der Waals surface area (Å²) < 4.78 is 11.6. The lowest BCUT2D eigenvalue weighted by Gasteiger charge is -2.25. The fourth-order valence-corrected chi connectivity index (χ4v) is 3.95. The van der Waals surface area contributed by atoms with E-state index in [2.05, 4.69) is 10.6 Å². The zero-order valence-corrected chi connectivity index (χ0v) is 21.9. The second-order valence-corrected chi connectivity index (χ2v) is 10.4. The number of hydroxylamine groups is 1. The summed E-state index contributed by atoms with van der Waals surface area (Å²) >= 11 is 0. The van der Waals surface area contributed by atoms with Crippen LogP contribution in [0.5, 0.6) is 0 Å². The van der Waals surface area contributed by atoms with Crippen LogP contribution in [-0.4, -0.2) is 47.3 Å². The predicted molar refractivity (Wildman–Crippen MR) is 137 cm³/mol. The quantitative estimate of drug-likeness (QED) is 0.122. The molecule has 1 aliphatic carbocycles. The van der Waals surface area contributed by atoms with Crippen molar-refractivity contribution in [3.8, 4) is 0 Å². The number of esters is 1. The van der Waals surface area contributed by atoms with E-state index in [0.717, 1.165) is 56.2 Å². The highest BCUT2D eigenvalue weighted by Crippen LogP contribution is 2.22. The van der Waals surface area contributed by atoms with Crippen molar-refractivity contribution >= 4 is 23.5 Å². The highest BCUT2D eigenvalue weighted by Gasteiger charge is 2.27. The fraction of sp³-hybridized carbons (Fsp3) is 0.667. The van der Waals surface area contributed by atoms with E-state index in [1.165, 1.54) is 0 Å². The van der Waals surface area contributed by atoms with Crippen LogP contribution in [0.4, 0.5) is 5.69 Å². The Balaban J connectivity index is 1.75. The summed E-state index contributed by atoms with van der Waals surface area (Å²) in [5.74, 6) is -0.709. The van der Waals surface area contributed by atoms with E-state index in [4.69, 9.17) is 14.7 Å². The van der Waals surface area contributed by atoms with Crippen LogP contribution >= 0.6 is 0 Å². The van der Waals surface area contributed by atoms with Gasteiger partial charge in [-0.15, -0.1) is 0 Å². The number of carbonyl (C=O) groups excluding carboxylic acids is 3. The normalized spacial score (nSPS) is 14.9. The topological polar surface area (TPSA) is 126 Å². The highest BCUT2D eigenvalue weighted by molar-refractivity contribution is 5.90. The Bertz CT molecular complexity index is 816. The molecule has 1 fully saturated rings. The van der Waals surface area contributed by atoms with Crippen LogP contribution in [0.15, 0.2) is 24.3 Å². The minimum Gasteiger partial charge on any atom is -0.461 e. The van der Waals surface area contributed by atoms with Gasteiger partial charge in [0.1, 0.15) is 12.1 Å². The molecule has 0 aliphatic heterocycles. The Morgan fingerprint density at radius 2 is 1.58 bits per heavy atom. The third-order valence-corrected chi connectivity index (χ3v) is 6.03. The molecule has 0 bridgehead atoms. The third-order valence-electron chi connectivity index (χ3n) is 6.03. The second kappa shape index (κ2) is 15.6. The number of hydrogen-bond acceptors (Lipinski definition) is 7. The van der Waals surface area contributed by atoms with Crippen molar-refractivity contribution in [1.82, 2.24) is 10.8 Å². The maximum atomic E-state index is 12.8. The summed E-state index contributed by atoms with van der Waals surface area (Å²) in [6.07, 6.45) is 7.86. The largest absolute Gasteiger partial charge is 0.461 e. The maximum absolute atomic E-state index is 12.8. The Morgan fingerprint density at radius 3 is 2.17 bits per heavy atom. The van der Waals surface area contributed by atoms with Crippen LogP contribution in [0.1, 0.15) is 90.5 Å². The van der Waals surface area contributed by atoms with E-state index >= 15 is 0 Å². The molecule has 1 aliphatic rings. The molecule has 2 amide bonds. The summed E-state index contributed by atoms with van der Waals surface area (Å²) in [7, 11) is 0. The predicted octanol–water partition coefficient (Wildman–Crippen LogP) is 4.23. The smallest absolute Gasteiger partial charge is 0.325 e. The van der Waals surface area contributed by atoms with E-state index in [1.807, 2.05) is 45.0 Å². The molecule has 9 nitrogen and oxygen atoms in total. The van der Waals surface area contributed by atoms with E-state index in [9.17, 15) is 14.4 Å². The van der Waals surface area contributed by atoms with Gasteiger partial charge in [0.25, 0.3) is 0 Å². The average Bonchev–Trinajstić information content (AvgIpc) is 3.34. The first kappa shape index (κ1) is 29.7. The number of carbonyl (C=O) groups is 3. The summed E-state index contributed by atoms with van der Waals surface area (Å²) in [6, 6.07) is 6.97. The number of anilines is 1. The molecule has 1 unspecified atom stereocenters. The number of unbranched alkanes of at least 4 members (excludes halogenated alkanes) is 3. The van der Waals surface area contributed by atoms with Gasteiger partial charge in [-0.3, -0.25) is 24.9 Å². The molecular weight excluding hydrogens is 462 g/mol. The maximum Gasteiger partial charge on any atom is 0.325 e. The number of hydrogen-bond donors (Lipinski definition) is 4. The first-order valence-electron chi connectivity index (χ1n) is 13.1. The molecule has 0 radical (unpaired) electrons. The van der Waals surface area contributed by atoms with Gasteiger partial charge in [-0.1, -0.05) is 25.0 Å². The van der Waals surface area contributed by atoms with Crippen LogP contribution in [0.3, 0.4) is 0 Å². The van der Waals surface area contributed by atoms with Gasteiger partial charge < -0.3 is 14.8 Å². The van der Waals surface area contributed by atoms with E-state index in [0.29, 0.717) is 19.4 Å². The van der Waals surface area contributed by atoms with Crippen LogP contribution < -0.4 is 16.1 Å². The van der Waals surface area contributed by atoms with Crippen molar-refractivity contribution in [2.75, 3.05) is 11.9 Å². The molecule has 4 N–H and O–H groups in total. The van der Waals surface area contributed by atoms with Gasteiger partial charge in [-0.2, -0.15) is 0 Å². The first-order chi connectivity index (χ1) is 17.2. The Kier molecular flexibility index (Phi) is 12.9. The van der Waals surface area contributed by atoms with Gasteiger partial charge in [0.2, 0.25) is 11.8 Å². The van der Waals surface area contributed by atoms with Crippen molar-refractivity contribution in [1.29, 1.82) is 0 Å². The molecule has 0 heterocycles. The Morgan fingerprint density at radius 1 is 0.972 bits per heavy atom. The minimum atomic E-state index is -0.553. The highest BCUT2D eigenvalue weighted by atomic mass is 16.6. The van der Waals surface area contributed by atoms with E-state index in [1.54, 1.807) is 5.48 Å². The number of benzene rings is 1. The lowest BCUT2D eigenvalue weighted by Crippen LogP contribution is -2.44. The van der Waals surface area contributed by atoms with Gasteiger partial charge in [0, 0.05) is 25.1 Å². The fourth-order valence-electron chi connectivity index (χ4n) is 3.95. The summed E-state index contributed by atoms with van der Waals surface area (Å²) in [6.45, 7) is 6.58. The van der Waals surface area contributed by atoms with Crippen LogP contribution in [0.2, 0.25) is 0 Å². The van der Waals surface area contributed by atoms with Crippen molar-refractivity contribution in [2.45, 2.75) is 109 Å². The van der Waals surface area contributed by atoms with Crippen molar-refractivity contribution in [3.05, 3.63) is 29.8 Å². The third kappa shape index (κ3) is 12.5. The van der Waals surface area contributed by atoms with Crippen molar-refractivity contribution < 1.29 is 29.1 Å². The lowest BCUT2D eigenvalue weighted by atomic mass is 10.1. The molecule has 1 atom stereocenters. The van der Waals surface area contributed by atoms with Gasteiger partial charge in [0.15, 0.2) is 0 Å². The first-order valence-corrected chi connectivity index (χ1v) is 13.1. The molecule has 1 aromatic rings. The summed E-state index contributed by atoms with van der Waals surface area (Å²) in [4.78, 5) is 35.9. The van der Waals surface area contributed by atoms with Crippen LogP contribution in [-0.2, 0) is 30.4 Å². The van der Waals surface area contributed by atoms with E-state index in [-0.39, 0.29) is 42.5 Å². The van der Waals surface area contributed by atoms with E-state index < -0.39 is 6.04 Å². The molecule has 1 aromatic carbocycles. The molecule has 0 aromatic heterocycles. The zero-order valence-electron chi connectivity index (χ0n) is 21.9. The Labute approximate surface area is 214 Å². The van der Waals surface area contributed by atoms with Crippen LogP contribution in [0, 0.1) is 0 Å². The van der Waals surface area contributed by atoms with Gasteiger partial charge in [-0.25, -0.2) is 5.48 Å². The molecule has 0 spiro atoms. The van der Waals surface area contributed by atoms with Gasteiger partial charge in [-0.05, 0) is 77.0 Å². The number of amides is 2. The lowest BCUT2D eigenvalue weighted by molar-refractivity contribution is -0.154. The van der Waals surface area contributed by atoms with Gasteiger partial charge in [0.05, 0.1) is 12.2 Å². The number of ether oxygens (including phenoxy) is 2. The minimum absolute atomic E-state index is 0.00657. The number of nitrogens with one attached hydrogen (secondary N) is 3. The molecule has 1 saturated carbocycles. The number of rotatable bonds is 15. The monoisotopic (exact) mass is 505 g/mol. The summed E-state index contributed by atoms with van der Waals surface area (Å²) in [5.41, 5.74) is 2.96. The molecule has 36 heavy (non-hydrogen) atoms. The molecular formula is C27H43N3O6. The van der Waals surface area contributed by atoms with Crippen LogP contribution in [0.25, 0.3) is 0 Å². The molecule has 202 valence electrons.